The molecule has 3 N–H and O–H groups in total. The highest BCUT2D eigenvalue weighted by Crippen LogP contribution is 2.43. The molecule has 1 unspecified atom stereocenters. The SMILES string of the molecule is CCCCCCCCCCCCCCCCCCCC(=O)OC[C@H](COP(=O)(O)OCC[N+](C)(C)C)OC(=O)CCC[C@H](O)/C=C/C=C\C/C=C\C=C\[C@H](O)CCCCC. The molecule has 0 aliphatic carbocycles. The van der Waals surface area contributed by atoms with E-state index in [4.69, 9.17) is 18.5 Å². The van der Waals surface area contributed by atoms with Crippen molar-refractivity contribution in [2.24, 2.45) is 0 Å². The van der Waals surface area contributed by atoms with Gasteiger partial charge < -0.3 is 29.1 Å². The van der Waals surface area contributed by atoms with E-state index in [0.29, 0.717) is 36.7 Å². The zero-order chi connectivity index (χ0) is 44.6. The molecule has 12 heteroatoms. The summed E-state index contributed by atoms with van der Waals surface area (Å²) < 4.78 is 34.2. The fourth-order valence-electron chi connectivity index (χ4n) is 6.29. The monoisotopic (exact) mass is 871 g/mol. The Kier molecular flexibility index (Phi) is 38.3. The maximum absolute atomic E-state index is 12.7. The van der Waals surface area contributed by atoms with Crippen molar-refractivity contribution in [1.29, 1.82) is 0 Å². The molecular weight excluding hydrogens is 781 g/mol. The van der Waals surface area contributed by atoms with Crippen LogP contribution < -0.4 is 0 Å². The van der Waals surface area contributed by atoms with Crippen molar-refractivity contribution >= 4 is 19.8 Å². The second kappa shape index (κ2) is 39.7. The molecule has 0 aromatic rings. The lowest BCUT2D eigenvalue weighted by Gasteiger charge is -2.24. The van der Waals surface area contributed by atoms with Crippen molar-refractivity contribution in [3.8, 4) is 0 Å². The molecule has 0 spiro atoms. The Morgan fingerprint density at radius 1 is 0.583 bits per heavy atom. The molecule has 0 aliphatic heterocycles. The summed E-state index contributed by atoms with van der Waals surface area (Å²) in [7, 11) is 1.33. The Morgan fingerprint density at radius 3 is 1.53 bits per heavy atom. The number of allylic oxidation sites excluding steroid dienone is 6. The van der Waals surface area contributed by atoms with Gasteiger partial charge in [0.1, 0.15) is 19.8 Å². The van der Waals surface area contributed by atoms with Crippen molar-refractivity contribution in [2.45, 2.75) is 199 Å². The van der Waals surface area contributed by atoms with E-state index in [1.807, 2.05) is 51.5 Å². The second-order valence-corrected chi connectivity index (χ2v) is 18.7. The van der Waals surface area contributed by atoms with Crippen LogP contribution in [0, 0.1) is 0 Å². The van der Waals surface area contributed by atoms with E-state index in [1.165, 1.54) is 83.5 Å². The Morgan fingerprint density at radius 2 is 1.03 bits per heavy atom. The summed E-state index contributed by atoms with van der Waals surface area (Å²) in [5, 5.41) is 20.2. The molecule has 0 aromatic carbocycles. The molecule has 0 bridgehead atoms. The van der Waals surface area contributed by atoms with Crippen LogP contribution >= 0.6 is 7.82 Å². The lowest BCUT2D eigenvalue weighted by atomic mass is 10.0. The van der Waals surface area contributed by atoms with Crippen molar-refractivity contribution in [3.63, 3.8) is 0 Å². The molecule has 11 nitrogen and oxygen atoms in total. The van der Waals surface area contributed by atoms with Crippen LogP contribution in [0.5, 0.6) is 0 Å². The predicted molar refractivity (Wildman–Crippen MR) is 245 cm³/mol. The Hall–Kier alpha value is -2.11. The molecule has 4 atom stereocenters. The van der Waals surface area contributed by atoms with Crippen molar-refractivity contribution in [1.82, 2.24) is 0 Å². The largest absolute Gasteiger partial charge is 0.472 e. The first-order chi connectivity index (χ1) is 28.8. The van der Waals surface area contributed by atoms with Gasteiger partial charge in [-0.15, -0.1) is 0 Å². The third-order valence-electron chi connectivity index (χ3n) is 10.1. The van der Waals surface area contributed by atoms with E-state index in [9.17, 15) is 29.3 Å². The number of likely N-dealkylation sites (N-methyl/N-ethyl adjacent to an activating group) is 1. The zero-order valence-electron chi connectivity index (χ0n) is 38.7. The summed E-state index contributed by atoms with van der Waals surface area (Å²) in [6.07, 6.45) is 39.4. The van der Waals surface area contributed by atoms with Crippen LogP contribution in [-0.2, 0) is 32.7 Å². The number of aliphatic hydroxyl groups excluding tert-OH is 2. The van der Waals surface area contributed by atoms with Gasteiger partial charge in [0.25, 0.3) is 0 Å². The third-order valence-corrected chi connectivity index (χ3v) is 11.1. The van der Waals surface area contributed by atoms with Crippen molar-refractivity contribution < 1.29 is 52.3 Å². The van der Waals surface area contributed by atoms with E-state index in [0.717, 1.165) is 44.9 Å². The van der Waals surface area contributed by atoms with Gasteiger partial charge in [-0.3, -0.25) is 18.6 Å². The molecule has 0 radical (unpaired) electrons. The van der Waals surface area contributed by atoms with Gasteiger partial charge in [0, 0.05) is 12.8 Å². The lowest BCUT2D eigenvalue weighted by molar-refractivity contribution is -0.870. The van der Waals surface area contributed by atoms with Crippen LogP contribution in [0.2, 0.25) is 0 Å². The molecule has 0 amide bonds. The fourth-order valence-corrected chi connectivity index (χ4v) is 7.03. The number of esters is 2. The minimum absolute atomic E-state index is 0.00710. The minimum atomic E-state index is -4.44. The van der Waals surface area contributed by atoms with Crippen LogP contribution in [0.1, 0.15) is 181 Å². The highest BCUT2D eigenvalue weighted by atomic mass is 31.2. The number of aliphatic hydroxyl groups is 2. The molecule has 0 heterocycles. The smallest absolute Gasteiger partial charge is 0.462 e. The fraction of sp³-hybridized carbons (Fsp3) is 0.792. The summed E-state index contributed by atoms with van der Waals surface area (Å²) in [6, 6.07) is 0. The van der Waals surface area contributed by atoms with Gasteiger partial charge in [-0.2, -0.15) is 0 Å². The van der Waals surface area contributed by atoms with Crippen molar-refractivity contribution in [2.75, 3.05) is 47.5 Å². The van der Waals surface area contributed by atoms with Gasteiger partial charge in [-0.25, -0.2) is 4.57 Å². The van der Waals surface area contributed by atoms with Crippen LogP contribution in [0.4, 0.5) is 0 Å². The summed E-state index contributed by atoms with van der Waals surface area (Å²) in [5.74, 6) is -1.02. The maximum Gasteiger partial charge on any atom is 0.472 e. The molecule has 0 aromatic heterocycles. The number of unbranched alkanes of at least 4 members (excludes halogenated alkanes) is 18. The maximum atomic E-state index is 12.7. The molecule has 60 heavy (non-hydrogen) atoms. The van der Waals surface area contributed by atoms with E-state index in [-0.39, 0.29) is 26.1 Å². The number of rotatable bonds is 42. The zero-order valence-corrected chi connectivity index (χ0v) is 39.6. The third kappa shape index (κ3) is 42.6. The number of quaternary nitrogens is 1. The minimum Gasteiger partial charge on any atom is -0.462 e. The normalized spacial score (nSPS) is 15.0. The first-order valence-electron chi connectivity index (χ1n) is 23.6. The number of phosphoric acid groups is 1. The van der Waals surface area contributed by atoms with Crippen molar-refractivity contribution in [3.05, 3.63) is 48.6 Å². The quantitative estimate of drug-likeness (QED) is 0.0178. The molecule has 350 valence electrons. The summed E-state index contributed by atoms with van der Waals surface area (Å²) in [6.45, 7) is 4.06. The molecule has 0 saturated heterocycles. The first-order valence-corrected chi connectivity index (χ1v) is 25.1. The van der Waals surface area contributed by atoms with Crippen LogP contribution in [0.15, 0.2) is 48.6 Å². The van der Waals surface area contributed by atoms with Crippen LogP contribution in [0.25, 0.3) is 0 Å². The number of nitrogens with zero attached hydrogens (tertiary/aromatic N) is 1. The van der Waals surface area contributed by atoms with Gasteiger partial charge in [0.2, 0.25) is 0 Å². The Labute approximate surface area is 366 Å². The van der Waals surface area contributed by atoms with Gasteiger partial charge in [0.05, 0.1) is 40.0 Å². The molecular formula is C48H89NO10P+. The molecule has 0 aliphatic rings. The molecule has 0 fully saturated rings. The average molecular weight is 871 g/mol. The number of carbonyl (C=O) groups excluding carboxylic acids is 2. The summed E-state index contributed by atoms with van der Waals surface area (Å²) in [4.78, 5) is 35.4. The highest BCUT2D eigenvalue weighted by Gasteiger charge is 2.27. The van der Waals surface area contributed by atoms with E-state index in [2.05, 4.69) is 13.8 Å². The number of hydrogen-bond donors (Lipinski definition) is 3. The van der Waals surface area contributed by atoms with Gasteiger partial charge in [-0.1, -0.05) is 184 Å². The van der Waals surface area contributed by atoms with Crippen LogP contribution in [-0.4, -0.2) is 97.3 Å². The van der Waals surface area contributed by atoms with Crippen LogP contribution in [0.3, 0.4) is 0 Å². The van der Waals surface area contributed by atoms with E-state index in [1.54, 1.807) is 18.2 Å². The van der Waals surface area contributed by atoms with Gasteiger partial charge >= 0.3 is 19.8 Å². The first kappa shape index (κ1) is 57.9. The van der Waals surface area contributed by atoms with Gasteiger partial charge in [-0.05, 0) is 32.1 Å². The second-order valence-electron chi connectivity index (χ2n) is 17.2. The Balaban J connectivity index is 4.54. The number of carbonyl (C=O) groups is 2. The average Bonchev–Trinajstić information content (AvgIpc) is 3.19. The molecule has 0 rings (SSSR count). The predicted octanol–water partition coefficient (Wildman–Crippen LogP) is 11.4. The number of hydrogen-bond acceptors (Lipinski definition) is 9. The van der Waals surface area contributed by atoms with E-state index < -0.39 is 44.7 Å². The summed E-state index contributed by atoms with van der Waals surface area (Å²) in [5.41, 5.74) is 0. The topological polar surface area (TPSA) is 149 Å². The van der Waals surface area contributed by atoms with E-state index >= 15 is 0 Å². The molecule has 0 saturated carbocycles. The standard InChI is InChI=1S/C48H88NO10P/c1-6-8-10-11-12-13-14-15-16-17-18-19-20-21-25-28-32-38-47(52)56-42-46(43-58-60(54,55)57-41-40-49(3,4)5)59-48(53)39-33-37-45(51)36-31-27-24-22-23-26-30-35-44(50)34-29-9-7-2/h23-24,26-27,30-31,35-36,44-46,50-51H,6-22,25,28-29,32-34,37-43H2,1-5H3/p+1/b26-23-,27-24-,35-30+,36-31+/t44-,45-,46-/m1/s1. The Bertz CT molecular complexity index is 1200. The highest BCUT2D eigenvalue weighted by molar-refractivity contribution is 7.47. The lowest BCUT2D eigenvalue weighted by Crippen LogP contribution is -2.37. The number of phosphoric ester groups is 1. The summed E-state index contributed by atoms with van der Waals surface area (Å²) >= 11 is 0. The number of ether oxygens (including phenoxy) is 2. The van der Waals surface area contributed by atoms with Gasteiger partial charge in [0.15, 0.2) is 6.10 Å².